The Labute approximate surface area is 92.5 Å². The van der Waals surface area contributed by atoms with E-state index in [9.17, 15) is 9.90 Å². The Morgan fingerprint density at radius 1 is 1.50 bits per heavy atom. The number of ether oxygens (including phenoxy) is 1. The predicted octanol–water partition coefficient (Wildman–Crippen LogP) is 2.26. The van der Waals surface area contributed by atoms with Crippen LogP contribution >= 0.6 is 0 Å². The molecule has 0 fully saturated rings. The molecule has 0 atom stereocenters. The average molecular weight is 217 g/mol. The van der Waals surface area contributed by atoms with E-state index in [1.165, 1.54) is 6.20 Å². The summed E-state index contributed by atoms with van der Waals surface area (Å²) in [5.41, 5.74) is 0.571. The molecule has 0 aliphatic heterocycles. The number of hydrogen-bond acceptors (Lipinski definition) is 4. The zero-order valence-corrected chi connectivity index (χ0v) is 8.80. The van der Waals surface area contributed by atoms with E-state index < -0.39 is 0 Å². The fourth-order valence-electron chi connectivity index (χ4n) is 1.40. The lowest BCUT2D eigenvalue weighted by molar-refractivity contribution is -0.133. The van der Waals surface area contributed by atoms with Crippen molar-refractivity contribution in [3.8, 4) is 11.5 Å². The van der Waals surface area contributed by atoms with Crippen LogP contribution in [-0.4, -0.2) is 16.1 Å². The van der Waals surface area contributed by atoms with Gasteiger partial charge in [-0.05, 0) is 12.1 Å². The van der Waals surface area contributed by atoms with E-state index >= 15 is 0 Å². The molecule has 0 bridgehead atoms. The second-order valence-electron chi connectivity index (χ2n) is 3.35. The number of fused-ring (bicyclic) bond motifs is 1. The van der Waals surface area contributed by atoms with Crippen LogP contribution in [0.25, 0.3) is 10.9 Å². The second-order valence-corrected chi connectivity index (χ2v) is 3.35. The largest absolute Gasteiger partial charge is 0.506 e. The number of aromatic hydroxyl groups is 1. The summed E-state index contributed by atoms with van der Waals surface area (Å²) in [6.07, 6.45) is 1.64. The zero-order valence-electron chi connectivity index (χ0n) is 8.80. The quantitative estimate of drug-likeness (QED) is 0.619. The Balaban J connectivity index is 2.49. The van der Waals surface area contributed by atoms with Gasteiger partial charge in [0.15, 0.2) is 5.75 Å². The fourth-order valence-corrected chi connectivity index (χ4v) is 1.40. The summed E-state index contributed by atoms with van der Waals surface area (Å²) in [5, 5.41) is 10.0. The molecule has 0 amide bonds. The van der Waals surface area contributed by atoms with Gasteiger partial charge in [-0.25, -0.2) is 4.98 Å². The van der Waals surface area contributed by atoms with Crippen LogP contribution in [0.1, 0.15) is 13.3 Å². The number of nitrogens with zero attached hydrogens (tertiary/aromatic N) is 1. The molecule has 2 rings (SSSR count). The molecule has 4 heteroatoms. The number of esters is 1. The summed E-state index contributed by atoms with van der Waals surface area (Å²) < 4.78 is 5.13. The third-order valence-electron chi connectivity index (χ3n) is 2.17. The standard InChI is InChI=1S/C12H11NO3/c1-2-11(15)16-10-5-3-4-8-6-9(14)7-13-12(8)10/h3-7,14H,2H2,1H3. The molecule has 1 aromatic carbocycles. The molecular weight excluding hydrogens is 206 g/mol. The smallest absolute Gasteiger partial charge is 0.310 e. The first-order chi connectivity index (χ1) is 7.70. The molecule has 82 valence electrons. The van der Waals surface area contributed by atoms with E-state index in [0.29, 0.717) is 17.7 Å². The summed E-state index contributed by atoms with van der Waals surface area (Å²) >= 11 is 0. The van der Waals surface area contributed by atoms with Gasteiger partial charge in [-0.1, -0.05) is 19.1 Å². The number of pyridine rings is 1. The summed E-state index contributed by atoms with van der Waals surface area (Å²) in [6, 6.07) is 6.80. The van der Waals surface area contributed by atoms with E-state index in [0.717, 1.165) is 5.39 Å². The van der Waals surface area contributed by atoms with Crippen LogP contribution in [0.2, 0.25) is 0 Å². The molecule has 1 aromatic heterocycles. The third kappa shape index (κ3) is 1.95. The number of aromatic nitrogens is 1. The Morgan fingerprint density at radius 3 is 3.06 bits per heavy atom. The molecule has 0 aliphatic rings. The van der Waals surface area contributed by atoms with Gasteiger partial charge >= 0.3 is 5.97 Å². The van der Waals surface area contributed by atoms with Gasteiger partial charge in [0.2, 0.25) is 0 Å². The van der Waals surface area contributed by atoms with Crippen molar-refractivity contribution in [1.29, 1.82) is 0 Å². The number of carbonyl (C=O) groups is 1. The van der Waals surface area contributed by atoms with Crippen molar-refractivity contribution in [2.45, 2.75) is 13.3 Å². The monoisotopic (exact) mass is 217 g/mol. The van der Waals surface area contributed by atoms with Crippen LogP contribution in [0.5, 0.6) is 11.5 Å². The number of para-hydroxylation sites is 1. The van der Waals surface area contributed by atoms with Crippen LogP contribution < -0.4 is 4.74 Å². The first kappa shape index (κ1) is 10.4. The van der Waals surface area contributed by atoms with Crippen molar-refractivity contribution in [3.63, 3.8) is 0 Å². The van der Waals surface area contributed by atoms with Gasteiger partial charge in [0.1, 0.15) is 11.3 Å². The lowest BCUT2D eigenvalue weighted by Gasteiger charge is -2.05. The molecule has 0 radical (unpaired) electrons. The van der Waals surface area contributed by atoms with Crippen molar-refractivity contribution in [2.24, 2.45) is 0 Å². The number of rotatable bonds is 2. The third-order valence-corrected chi connectivity index (χ3v) is 2.17. The minimum absolute atomic E-state index is 0.0893. The van der Waals surface area contributed by atoms with Crippen LogP contribution in [0.4, 0.5) is 0 Å². The summed E-state index contributed by atoms with van der Waals surface area (Å²) in [6.45, 7) is 1.73. The van der Waals surface area contributed by atoms with Crippen molar-refractivity contribution in [3.05, 3.63) is 30.5 Å². The lowest BCUT2D eigenvalue weighted by Crippen LogP contribution is -2.06. The van der Waals surface area contributed by atoms with Gasteiger partial charge in [-0.15, -0.1) is 0 Å². The SMILES string of the molecule is CCC(=O)Oc1cccc2cc(O)cnc12. The Bertz CT molecular complexity index is 537. The van der Waals surface area contributed by atoms with Gasteiger partial charge < -0.3 is 9.84 Å². The highest BCUT2D eigenvalue weighted by Crippen LogP contribution is 2.26. The van der Waals surface area contributed by atoms with E-state index in [-0.39, 0.29) is 11.7 Å². The van der Waals surface area contributed by atoms with E-state index in [1.54, 1.807) is 31.2 Å². The first-order valence-corrected chi connectivity index (χ1v) is 4.99. The predicted molar refractivity (Wildman–Crippen MR) is 59.3 cm³/mol. The van der Waals surface area contributed by atoms with Gasteiger partial charge in [0, 0.05) is 11.8 Å². The zero-order chi connectivity index (χ0) is 11.5. The maximum Gasteiger partial charge on any atom is 0.310 e. The van der Waals surface area contributed by atoms with Gasteiger partial charge in [-0.3, -0.25) is 4.79 Å². The molecule has 1 N–H and O–H groups in total. The Kier molecular flexibility index (Phi) is 2.72. The molecule has 2 aromatic rings. The van der Waals surface area contributed by atoms with Crippen LogP contribution in [-0.2, 0) is 4.79 Å². The summed E-state index contributed by atoms with van der Waals surface area (Å²) in [7, 11) is 0. The molecule has 0 spiro atoms. The van der Waals surface area contributed by atoms with E-state index in [4.69, 9.17) is 4.74 Å². The Morgan fingerprint density at radius 2 is 2.31 bits per heavy atom. The summed E-state index contributed by atoms with van der Waals surface area (Å²) in [5.74, 6) is 0.207. The maximum atomic E-state index is 11.2. The number of carbonyl (C=O) groups excluding carboxylic acids is 1. The number of hydrogen-bond donors (Lipinski definition) is 1. The minimum Gasteiger partial charge on any atom is -0.506 e. The second kappa shape index (κ2) is 4.18. The molecule has 0 unspecified atom stereocenters. The van der Waals surface area contributed by atoms with Crippen molar-refractivity contribution in [2.75, 3.05) is 0 Å². The lowest BCUT2D eigenvalue weighted by atomic mass is 10.2. The highest BCUT2D eigenvalue weighted by Gasteiger charge is 2.07. The van der Waals surface area contributed by atoms with Crippen LogP contribution in [0, 0.1) is 0 Å². The first-order valence-electron chi connectivity index (χ1n) is 4.99. The molecular formula is C12H11NO3. The maximum absolute atomic E-state index is 11.2. The topological polar surface area (TPSA) is 59.4 Å². The highest BCUT2D eigenvalue weighted by atomic mass is 16.5. The molecule has 4 nitrogen and oxygen atoms in total. The fraction of sp³-hybridized carbons (Fsp3) is 0.167. The van der Waals surface area contributed by atoms with E-state index in [2.05, 4.69) is 4.98 Å². The Hall–Kier alpha value is -2.10. The molecule has 16 heavy (non-hydrogen) atoms. The van der Waals surface area contributed by atoms with Crippen LogP contribution in [0.15, 0.2) is 30.5 Å². The van der Waals surface area contributed by atoms with Gasteiger partial charge in [0.25, 0.3) is 0 Å². The van der Waals surface area contributed by atoms with Crippen molar-refractivity contribution in [1.82, 2.24) is 4.98 Å². The molecule has 1 heterocycles. The van der Waals surface area contributed by atoms with Gasteiger partial charge in [0.05, 0.1) is 6.20 Å². The van der Waals surface area contributed by atoms with Gasteiger partial charge in [-0.2, -0.15) is 0 Å². The normalized spacial score (nSPS) is 10.3. The minimum atomic E-state index is -0.303. The molecule has 0 saturated carbocycles. The highest BCUT2D eigenvalue weighted by molar-refractivity contribution is 5.87. The van der Waals surface area contributed by atoms with Crippen molar-refractivity contribution >= 4 is 16.9 Å². The summed E-state index contributed by atoms with van der Waals surface area (Å²) in [4.78, 5) is 15.2. The number of benzene rings is 1. The average Bonchev–Trinajstić information content (AvgIpc) is 2.28. The molecule has 0 saturated heterocycles. The van der Waals surface area contributed by atoms with E-state index in [1.807, 2.05) is 0 Å². The molecule has 0 aliphatic carbocycles. The van der Waals surface area contributed by atoms with Crippen LogP contribution in [0.3, 0.4) is 0 Å². The van der Waals surface area contributed by atoms with Crippen molar-refractivity contribution < 1.29 is 14.6 Å².